The Morgan fingerprint density at radius 3 is 2.43 bits per heavy atom. The number of aromatic nitrogens is 3. The average Bonchev–Trinajstić information content (AvgIpc) is 2.74. The Morgan fingerprint density at radius 1 is 0.857 bits per heavy atom. The van der Waals surface area contributed by atoms with Crippen LogP contribution in [0.2, 0.25) is 0 Å². The molecule has 0 aliphatic carbocycles. The zero-order chi connectivity index (χ0) is 19.2. The molecule has 0 aliphatic rings. The topological polar surface area (TPSA) is 77.0 Å². The second-order valence-electron chi connectivity index (χ2n) is 5.90. The summed E-state index contributed by atoms with van der Waals surface area (Å²) in [6, 6.07) is 18.7. The van der Waals surface area contributed by atoms with Gasteiger partial charge in [0, 0.05) is 41.3 Å². The zero-order valence-electron chi connectivity index (χ0n) is 14.8. The fourth-order valence-electron chi connectivity index (χ4n) is 2.66. The number of para-hydroxylation sites is 1. The van der Waals surface area contributed by atoms with E-state index in [-0.39, 0.29) is 11.9 Å². The minimum absolute atomic E-state index is 0.229. The Kier molecular flexibility index (Phi) is 5.02. The molecule has 4 aromatic rings. The van der Waals surface area contributed by atoms with Crippen molar-refractivity contribution in [2.45, 2.75) is 0 Å². The van der Waals surface area contributed by atoms with Crippen LogP contribution in [0.15, 0.2) is 85.3 Å². The number of fused-ring (bicyclic) bond motifs is 1. The van der Waals surface area contributed by atoms with Crippen molar-refractivity contribution in [2.24, 2.45) is 0 Å². The Hall–Kier alpha value is -4.06. The van der Waals surface area contributed by atoms with E-state index in [1.54, 1.807) is 55.0 Å². The van der Waals surface area contributed by atoms with E-state index in [0.717, 1.165) is 16.5 Å². The van der Waals surface area contributed by atoms with Gasteiger partial charge in [-0.15, -0.1) is 0 Å². The van der Waals surface area contributed by atoms with Crippen LogP contribution in [0, 0.1) is 0 Å². The Morgan fingerprint density at radius 2 is 1.61 bits per heavy atom. The van der Waals surface area contributed by atoms with Crippen LogP contribution < -0.4 is 10.1 Å². The molecular weight excluding hydrogens is 352 g/mol. The van der Waals surface area contributed by atoms with Crippen LogP contribution >= 0.6 is 0 Å². The highest BCUT2D eigenvalue weighted by atomic mass is 16.5. The molecule has 0 radical (unpaired) electrons. The Bertz CT molecular complexity index is 1120. The smallest absolute Gasteiger partial charge is 0.321 e. The molecule has 0 fully saturated rings. The van der Waals surface area contributed by atoms with Crippen molar-refractivity contribution in [1.82, 2.24) is 15.0 Å². The first-order valence-corrected chi connectivity index (χ1v) is 8.66. The number of pyridine rings is 1. The fraction of sp³-hybridized carbons (Fsp3) is 0. The first kappa shape index (κ1) is 17.4. The summed E-state index contributed by atoms with van der Waals surface area (Å²) in [5.74, 6) is 0.356. The molecule has 0 atom stereocenters. The third kappa shape index (κ3) is 4.19. The van der Waals surface area contributed by atoms with E-state index in [1.807, 2.05) is 30.3 Å². The molecule has 28 heavy (non-hydrogen) atoms. The quantitative estimate of drug-likeness (QED) is 0.526. The lowest BCUT2D eigenvalue weighted by atomic mass is 10.1. The molecule has 136 valence electrons. The lowest BCUT2D eigenvalue weighted by Gasteiger charge is -2.05. The van der Waals surface area contributed by atoms with Crippen LogP contribution in [-0.2, 0) is 4.79 Å². The third-order valence-electron chi connectivity index (χ3n) is 3.95. The number of carbonyl (C=O) groups excluding carboxylic acids is 1. The van der Waals surface area contributed by atoms with Gasteiger partial charge in [0.25, 0.3) is 0 Å². The van der Waals surface area contributed by atoms with E-state index in [1.165, 1.54) is 6.08 Å². The highest BCUT2D eigenvalue weighted by Gasteiger charge is 2.03. The Balaban J connectivity index is 1.41. The molecule has 0 unspecified atom stereocenters. The van der Waals surface area contributed by atoms with Crippen LogP contribution in [0.5, 0.6) is 11.8 Å². The standard InChI is InChI=1S/C22H16N4O2/c27-20(12-7-17-5-1-4-16-6-2-13-23-21(16)17)26-18-8-10-19(11-9-18)28-22-24-14-3-15-25-22/h1-15H,(H,26,27). The van der Waals surface area contributed by atoms with Gasteiger partial charge in [-0.1, -0.05) is 24.3 Å². The summed E-state index contributed by atoms with van der Waals surface area (Å²) in [6.45, 7) is 0. The summed E-state index contributed by atoms with van der Waals surface area (Å²) in [7, 11) is 0. The number of amides is 1. The average molecular weight is 368 g/mol. The zero-order valence-corrected chi connectivity index (χ0v) is 14.8. The van der Waals surface area contributed by atoms with E-state index in [4.69, 9.17) is 4.74 Å². The molecule has 4 rings (SSSR count). The Labute approximate surface area is 161 Å². The van der Waals surface area contributed by atoms with Crippen molar-refractivity contribution in [2.75, 3.05) is 5.32 Å². The maximum Gasteiger partial charge on any atom is 0.321 e. The molecule has 6 heteroatoms. The summed E-state index contributed by atoms with van der Waals surface area (Å²) in [5.41, 5.74) is 2.41. The molecule has 2 heterocycles. The predicted octanol–water partition coefficient (Wildman–Crippen LogP) is 4.47. The molecular formula is C22H16N4O2. The minimum Gasteiger partial charge on any atom is -0.424 e. The number of carbonyl (C=O) groups is 1. The van der Waals surface area contributed by atoms with Crippen LogP contribution in [-0.4, -0.2) is 20.9 Å². The van der Waals surface area contributed by atoms with Crippen LogP contribution in [0.4, 0.5) is 5.69 Å². The molecule has 0 bridgehead atoms. The molecule has 6 nitrogen and oxygen atoms in total. The second-order valence-corrected chi connectivity index (χ2v) is 5.90. The number of nitrogens with zero attached hydrogens (tertiary/aromatic N) is 3. The van der Waals surface area contributed by atoms with E-state index in [9.17, 15) is 4.79 Å². The van der Waals surface area contributed by atoms with Gasteiger partial charge in [-0.2, -0.15) is 0 Å². The van der Waals surface area contributed by atoms with Gasteiger partial charge >= 0.3 is 6.01 Å². The van der Waals surface area contributed by atoms with Gasteiger partial charge in [0.15, 0.2) is 0 Å². The van der Waals surface area contributed by atoms with Crippen molar-refractivity contribution >= 4 is 28.6 Å². The molecule has 0 aliphatic heterocycles. The largest absolute Gasteiger partial charge is 0.424 e. The van der Waals surface area contributed by atoms with Crippen LogP contribution in [0.25, 0.3) is 17.0 Å². The molecule has 1 amide bonds. The van der Waals surface area contributed by atoms with E-state index >= 15 is 0 Å². The third-order valence-corrected chi connectivity index (χ3v) is 3.95. The van der Waals surface area contributed by atoms with Crippen molar-refractivity contribution in [3.8, 4) is 11.8 Å². The highest BCUT2D eigenvalue weighted by molar-refractivity contribution is 6.03. The number of hydrogen-bond donors (Lipinski definition) is 1. The molecule has 1 N–H and O–H groups in total. The highest BCUT2D eigenvalue weighted by Crippen LogP contribution is 2.20. The summed E-state index contributed by atoms with van der Waals surface area (Å²) in [5, 5.41) is 3.85. The first-order chi connectivity index (χ1) is 13.8. The van der Waals surface area contributed by atoms with Crippen molar-refractivity contribution in [3.05, 3.63) is 90.9 Å². The number of rotatable bonds is 5. The van der Waals surface area contributed by atoms with Crippen molar-refractivity contribution < 1.29 is 9.53 Å². The molecule has 2 aromatic carbocycles. The SMILES string of the molecule is O=C(C=Cc1cccc2cccnc12)Nc1ccc(Oc2ncccn2)cc1. The van der Waals surface area contributed by atoms with Gasteiger partial charge in [0.2, 0.25) is 5.91 Å². The second kappa shape index (κ2) is 8.09. The van der Waals surface area contributed by atoms with E-state index in [0.29, 0.717) is 11.4 Å². The van der Waals surface area contributed by atoms with Crippen molar-refractivity contribution in [1.29, 1.82) is 0 Å². The van der Waals surface area contributed by atoms with Gasteiger partial charge < -0.3 is 10.1 Å². The number of ether oxygens (including phenoxy) is 1. The first-order valence-electron chi connectivity index (χ1n) is 8.66. The number of nitrogens with one attached hydrogen (secondary N) is 1. The van der Waals surface area contributed by atoms with Crippen LogP contribution in [0.1, 0.15) is 5.56 Å². The summed E-state index contributed by atoms with van der Waals surface area (Å²) < 4.78 is 5.53. The van der Waals surface area contributed by atoms with Crippen molar-refractivity contribution in [3.63, 3.8) is 0 Å². The molecule has 2 aromatic heterocycles. The van der Waals surface area contributed by atoms with E-state index in [2.05, 4.69) is 20.3 Å². The summed E-state index contributed by atoms with van der Waals surface area (Å²) >= 11 is 0. The van der Waals surface area contributed by atoms with Gasteiger partial charge in [-0.05, 0) is 42.5 Å². The minimum atomic E-state index is -0.229. The van der Waals surface area contributed by atoms with Gasteiger partial charge in [-0.25, -0.2) is 9.97 Å². The number of benzene rings is 2. The lowest BCUT2D eigenvalue weighted by Crippen LogP contribution is -2.07. The van der Waals surface area contributed by atoms with Gasteiger partial charge in [-0.3, -0.25) is 9.78 Å². The fourth-order valence-corrected chi connectivity index (χ4v) is 2.66. The normalized spacial score (nSPS) is 10.9. The van der Waals surface area contributed by atoms with Gasteiger partial charge in [0.05, 0.1) is 5.52 Å². The van der Waals surface area contributed by atoms with Crippen LogP contribution in [0.3, 0.4) is 0 Å². The molecule has 0 spiro atoms. The summed E-state index contributed by atoms with van der Waals surface area (Å²) in [4.78, 5) is 24.6. The molecule has 0 saturated carbocycles. The molecule has 0 saturated heterocycles. The monoisotopic (exact) mass is 368 g/mol. The lowest BCUT2D eigenvalue weighted by molar-refractivity contribution is -0.111. The van der Waals surface area contributed by atoms with E-state index < -0.39 is 0 Å². The maximum atomic E-state index is 12.2. The summed E-state index contributed by atoms with van der Waals surface area (Å²) in [6.07, 6.45) is 8.20. The number of hydrogen-bond acceptors (Lipinski definition) is 5. The van der Waals surface area contributed by atoms with Gasteiger partial charge in [0.1, 0.15) is 5.75 Å². The maximum absolute atomic E-state index is 12.2. The predicted molar refractivity (Wildman–Crippen MR) is 108 cm³/mol. The number of anilines is 1.